The molecule has 0 aliphatic carbocycles. The van der Waals surface area contributed by atoms with Crippen LogP contribution in [0.15, 0.2) is 11.0 Å². The van der Waals surface area contributed by atoms with Crippen molar-refractivity contribution in [1.29, 1.82) is 0 Å². The summed E-state index contributed by atoms with van der Waals surface area (Å²) in [5.74, 6) is 0.355. The highest BCUT2D eigenvalue weighted by atomic mass is 35.5. The molecule has 1 aromatic rings. The standard InChI is InChI=1S/C14H21ClN2O3S/c1-10-9-12(20-4)14(11(2)13(10)15)21(18,19)17-7-5-16(3)6-8-17/h9H,5-8H2,1-4H3. The number of aryl methyl sites for hydroxylation is 1. The van der Waals surface area contributed by atoms with E-state index < -0.39 is 10.0 Å². The predicted molar refractivity (Wildman–Crippen MR) is 83.7 cm³/mol. The Balaban J connectivity index is 2.52. The Bertz CT molecular complexity index is 638. The Morgan fingerprint density at radius 1 is 1.19 bits per heavy atom. The van der Waals surface area contributed by atoms with Gasteiger partial charge in [-0.3, -0.25) is 0 Å². The highest BCUT2D eigenvalue weighted by molar-refractivity contribution is 7.89. The fourth-order valence-corrected chi connectivity index (χ4v) is 4.53. The van der Waals surface area contributed by atoms with Crippen molar-refractivity contribution < 1.29 is 13.2 Å². The molecule has 118 valence electrons. The number of piperazine rings is 1. The maximum absolute atomic E-state index is 12.9. The van der Waals surface area contributed by atoms with Gasteiger partial charge in [0.2, 0.25) is 10.0 Å². The molecule has 5 nitrogen and oxygen atoms in total. The minimum absolute atomic E-state index is 0.185. The molecule has 0 bridgehead atoms. The van der Waals surface area contributed by atoms with Crippen LogP contribution in [0.5, 0.6) is 5.75 Å². The molecule has 1 saturated heterocycles. The molecule has 1 aromatic carbocycles. The summed E-state index contributed by atoms with van der Waals surface area (Å²) in [4.78, 5) is 2.29. The summed E-state index contributed by atoms with van der Waals surface area (Å²) in [6, 6.07) is 1.68. The molecule has 1 heterocycles. The lowest BCUT2D eigenvalue weighted by molar-refractivity contribution is 0.222. The van der Waals surface area contributed by atoms with E-state index >= 15 is 0 Å². The molecule has 0 amide bonds. The van der Waals surface area contributed by atoms with E-state index in [4.69, 9.17) is 16.3 Å². The summed E-state index contributed by atoms with van der Waals surface area (Å²) in [6.45, 7) is 5.96. The smallest absolute Gasteiger partial charge is 0.247 e. The maximum Gasteiger partial charge on any atom is 0.247 e. The fourth-order valence-electron chi connectivity index (χ4n) is 2.54. The van der Waals surface area contributed by atoms with Crippen molar-refractivity contribution in [2.75, 3.05) is 40.3 Å². The van der Waals surface area contributed by atoms with Crippen molar-refractivity contribution in [3.05, 3.63) is 22.2 Å². The molecule has 0 spiro atoms. The normalized spacial score (nSPS) is 18.0. The van der Waals surface area contributed by atoms with Crippen LogP contribution in [-0.2, 0) is 10.0 Å². The highest BCUT2D eigenvalue weighted by Gasteiger charge is 2.32. The minimum atomic E-state index is -3.60. The minimum Gasteiger partial charge on any atom is -0.495 e. The van der Waals surface area contributed by atoms with Crippen LogP contribution in [0, 0.1) is 13.8 Å². The van der Waals surface area contributed by atoms with Crippen molar-refractivity contribution in [2.24, 2.45) is 0 Å². The van der Waals surface area contributed by atoms with E-state index in [1.54, 1.807) is 13.0 Å². The van der Waals surface area contributed by atoms with E-state index in [9.17, 15) is 8.42 Å². The highest BCUT2D eigenvalue weighted by Crippen LogP contribution is 2.36. The molecule has 21 heavy (non-hydrogen) atoms. The lowest BCUT2D eigenvalue weighted by atomic mass is 10.1. The SMILES string of the molecule is COc1cc(C)c(Cl)c(C)c1S(=O)(=O)N1CCN(C)CC1. The van der Waals surface area contributed by atoms with Crippen molar-refractivity contribution >= 4 is 21.6 Å². The van der Waals surface area contributed by atoms with Crippen molar-refractivity contribution in [3.63, 3.8) is 0 Å². The van der Waals surface area contributed by atoms with E-state index in [-0.39, 0.29) is 4.90 Å². The van der Waals surface area contributed by atoms with Gasteiger partial charge in [0.25, 0.3) is 0 Å². The fraction of sp³-hybridized carbons (Fsp3) is 0.571. The number of nitrogens with zero attached hydrogens (tertiary/aromatic N) is 2. The van der Waals surface area contributed by atoms with Gasteiger partial charge in [-0.1, -0.05) is 11.6 Å². The van der Waals surface area contributed by atoms with Crippen LogP contribution in [0.25, 0.3) is 0 Å². The number of ether oxygens (including phenoxy) is 1. The third-order valence-electron chi connectivity index (χ3n) is 3.87. The Hall–Kier alpha value is -0.820. The van der Waals surface area contributed by atoms with Crippen LogP contribution in [0.1, 0.15) is 11.1 Å². The van der Waals surface area contributed by atoms with E-state index in [2.05, 4.69) is 4.90 Å². The van der Waals surface area contributed by atoms with Gasteiger partial charge in [0, 0.05) is 31.2 Å². The van der Waals surface area contributed by atoms with Crippen LogP contribution in [0.2, 0.25) is 5.02 Å². The maximum atomic E-state index is 12.9. The number of halogens is 1. The zero-order valence-corrected chi connectivity index (χ0v) is 14.4. The second-order valence-corrected chi connectivity index (χ2v) is 7.62. The average Bonchev–Trinajstić information content (AvgIpc) is 2.44. The third kappa shape index (κ3) is 3.04. The third-order valence-corrected chi connectivity index (χ3v) is 6.52. The molecule has 7 heteroatoms. The van der Waals surface area contributed by atoms with Gasteiger partial charge in [0.15, 0.2) is 0 Å². The topological polar surface area (TPSA) is 49.9 Å². The van der Waals surface area contributed by atoms with Crippen LogP contribution in [-0.4, -0.2) is 58.0 Å². The van der Waals surface area contributed by atoms with Gasteiger partial charge in [-0.15, -0.1) is 0 Å². The van der Waals surface area contributed by atoms with Gasteiger partial charge in [0.05, 0.1) is 7.11 Å². The molecule has 0 atom stereocenters. The molecular formula is C14H21ClN2O3S. The first-order valence-corrected chi connectivity index (χ1v) is 8.63. The van der Waals surface area contributed by atoms with Crippen molar-refractivity contribution in [3.8, 4) is 5.75 Å². The molecule has 1 aliphatic rings. The molecule has 0 aromatic heterocycles. The molecule has 0 radical (unpaired) electrons. The predicted octanol–water partition coefficient (Wildman–Crippen LogP) is 1.90. The number of hydrogen-bond acceptors (Lipinski definition) is 4. The van der Waals surface area contributed by atoms with Crippen molar-refractivity contribution in [2.45, 2.75) is 18.7 Å². The van der Waals surface area contributed by atoms with Gasteiger partial charge < -0.3 is 9.64 Å². The van der Waals surface area contributed by atoms with Crippen LogP contribution >= 0.6 is 11.6 Å². The molecule has 0 N–H and O–H groups in total. The lowest BCUT2D eigenvalue weighted by Crippen LogP contribution is -2.47. The van der Waals surface area contributed by atoms with E-state index in [1.165, 1.54) is 11.4 Å². The number of hydrogen-bond donors (Lipinski definition) is 0. The molecule has 1 aliphatic heterocycles. The molecule has 2 rings (SSSR count). The first kappa shape index (κ1) is 16.5. The van der Waals surface area contributed by atoms with Gasteiger partial charge in [0.1, 0.15) is 10.6 Å². The summed E-state index contributed by atoms with van der Waals surface area (Å²) in [7, 11) is -0.139. The number of likely N-dealkylation sites (N-methyl/N-ethyl adjacent to an activating group) is 1. The van der Waals surface area contributed by atoms with Gasteiger partial charge in [-0.25, -0.2) is 8.42 Å². The Morgan fingerprint density at radius 3 is 2.29 bits per heavy atom. The van der Waals surface area contributed by atoms with Crippen LogP contribution in [0.3, 0.4) is 0 Å². The summed E-state index contributed by atoms with van der Waals surface area (Å²) in [5, 5.41) is 0.475. The van der Waals surface area contributed by atoms with Crippen LogP contribution in [0.4, 0.5) is 0 Å². The van der Waals surface area contributed by atoms with E-state index in [0.29, 0.717) is 29.4 Å². The Labute approximate surface area is 131 Å². The second-order valence-electron chi connectivity index (χ2n) is 5.37. The van der Waals surface area contributed by atoms with E-state index in [1.807, 2.05) is 14.0 Å². The summed E-state index contributed by atoms with van der Waals surface area (Å²) < 4.78 is 32.6. The van der Waals surface area contributed by atoms with E-state index in [0.717, 1.165) is 18.7 Å². The number of methoxy groups -OCH3 is 1. The summed E-state index contributed by atoms with van der Waals surface area (Å²) in [6.07, 6.45) is 0. The molecule has 0 saturated carbocycles. The zero-order chi connectivity index (χ0) is 15.8. The first-order valence-electron chi connectivity index (χ1n) is 6.81. The molecule has 1 fully saturated rings. The number of sulfonamides is 1. The monoisotopic (exact) mass is 332 g/mol. The Kier molecular flexibility index (Phi) is 4.82. The van der Waals surface area contributed by atoms with Gasteiger partial charge in [-0.05, 0) is 38.1 Å². The summed E-state index contributed by atoms with van der Waals surface area (Å²) >= 11 is 6.23. The number of rotatable bonds is 3. The van der Waals surface area contributed by atoms with Crippen molar-refractivity contribution in [1.82, 2.24) is 9.21 Å². The molecular weight excluding hydrogens is 312 g/mol. The lowest BCUT2D eigenvalue weighted by Gasteiger charge is -2.32. The average molecular weight is 333 g/mol. The quantitative estimate of drug-likeness (QED) is 0.848. The second kappa shape index (κ2) is 6.12. The summed E-state index contributed by atoms with van der Waals surface area (Å²) in [5.41, 5.74) is 1.36. The van der Waals surface area contributed by atoms with Gasteiger partial charge in [-0.2, -0.15) is 4.31 Å². The number of benzene rings is 1. The van der Waals surface area contributed by atoms with Crippen LogP contribution < -0.4 is 4.74 Å². The van der Waals surface area contributed by atoms with Gasteiger partial charge >= 0.3 is 0 Å². The molecule has 0 unspecified atom stereocenters. The Morgan fingerprint density at radius 2 is 1.76 bits per heavy atom. The largest absolute Gasteiger partial charge is 0.495 e. The zero-order valence-electron chi connectivity index (χ0n) is 12.8. The first-order chi connectivity index (χ1) is 9.78.